The number of pyridine rings is 1. The Kier molecular flexibility index (Phi) is 2.54. The Labute approximate surface area is 104 Å². The van der Waals surface area contributed by atoms with Gasteiger partial charge >= 0.3 is 5.97 Å². The molecule has 3 rings (SSSR count). The molecule has 0 spiro atoms. The molecule has 2 fully saturated rings. The summed E-state index contributed by atoms with van der Waals surface area (Å²) in [5.41, 5.74) is 0.591. The molecule has 3 atom stereocenters. The van der Waals surface area contributed by atoms with Gasteiger partial charge in [0.2, 0.25) is 0 Å². The van der Waals surface area contributed by atoms with Crippen molar-refractivity contribution in [3.63, 3.8) is 0 Å². The number of carbonyl (C=O) groups is 2. The van der Waals surface area contributed by atoms with E-state index in [1.165, 1.54) is 0 Å². The molecule has 5 heteroatoms. The summed E-state index contributed by atoms with van der Waals surface area (Å²) < 4.78 is 0. The van der Waals surface area contributed by atoms with Crippen LogP contribution < -0.4 is 0 Å². The minimum atomic E-state index is -0.783. The highest BCUT2D eigenvalue weighted by Crippen LogP contribution is 2.42. The predicted molar refractivity (Wildman–Crippen MR) is 63.0 cm³/mol. The van der Waals surface area contributed by atoms with E-state index in [0.717, 1.165) is 12.8 Å². The second kappa shape index (κ2) is 4.08. The third-order valence-electron chi connectivity index (χ3n) is 4.02. The number of carbonyl (C=O) groups excluding carboxylic acids is 1. The van der Waals surface area contributed by atoms with E-state index in [0.29, 0.717) is 12.0 Å². The lowest BCUT2D eigenvalue weighted by atomic mass is 9.89. The Morgan fingerprint density at radius 1 is 1.28 bits per heavy atom. The number of hydrogen-bond donors (Lipinski definition) is 1. The van der Waals surface area contributed by atoms with Gasteiger partial charge in [0.15, 0.2) is 0 Å². The Morgan fingerprint density at radius 3 is 2.61 bits per heavy atom. The Bertz CT molecular complexity index is 488. The predicted octanol–water partition coefficient (Wildman–Crippen LogP) is 1.16. The first-order chi connectivity index (χ1) is 8.68. The molecule has 1 aromatic heterocycles. The van der Waals surface area contributed by atoms with Gasteiger partial charge in [0, 0.05) is 30.0 Å². The SMILES string of the molecule is O=C(O)C1CC2CCC1N2C(=O)c1ccncc1. The van der Waals surface area contributed by atoms with Gasteiger partial charge in [-0.3, -0.25) is 14.6 Å². The first-order valence-corrected chi connectivity index (χ1v) is 6.14. The molecule has 1 amide bonds. The van der Waals surface area contributed by atoms with Crippen LogP contribution in [0.1, 0.15) is 29.6 Å². The quantitative estimate of drug-likeness (QED) is 0.850. The minimum absolute atomic E-state index is 0.0614. The van der Waals surface area contributed by atoms with Crippen molar-refractivity contribution in [2.24, 2.45) is 5.92 Å². The molecular formula is C13H14N2O3. The van der Waals surface area contributed by atoms with Crippen LogP contribution in [0, 0.1) is 5.92 Å². The van der Waals surface area contributed by atoms with Crippen LogP contribution in [-0.2, 0) is 4.79 Å². The standard InChI is InChI=1S/C13H14N2O3/c16-12(8-3-5-14-6-4-8)15-9-1-2-11(15)10(7-9)13(17)18/h3-6,9-11H,1-2,7H2,(H,17,18). The normalized spacial score (nSPS) is 29.6. The molecule has 0 saturated carbocycles. The third kappa shape index (κ3) is 1.58. The molecule has 2 aliphatic heterocycles. The fraction of sp³-hybridized carbons (Fsp3) is 0.462. The third-order valence-corrected chi connectivity index (χ3v) is 4.02. The van der Waals surface area contributed by atoms with E-state index in [-0.39, 0.29) is 18.0 Å². The Balaban J connectivity index is 1.86. The summed E-state index contributed by atoms with van der Waals surface area (Å²) >= 11 is 0. The molecule has 5 nitrogen and oxygen atoms in total. The number of nitrogens with zero attached hydrogens (tertiary/aromatic N) is 2. The highest BCUT2D eigenvalue weighted by molar-refractivity contribution is 5.95. The zero-order valence-electron chi connectivity index (χ0n) is 9.82. The molecule has 0 aliphatic carbocycles. The second-order valence-corrected chi connectivity index (χ2v) is 4.93. The lowest BCUT2D eigenvalue weighted by Gasteiger charge is -2.23. The van der Waals surface area contributed by atoms with Crippen molar-refractivity contribution < 1.29 is 14.7 Å². The largest absolute Gasteiger partial charge is 0.481 e. The average molecular weight is 246 g/mol. The molecule has 1 N–H and O–H groups in total. The van der Waals surface area contributed by atoms with E-state index in [1.54, 1.807) is 29.4 Å². The summed E-state index contributed by atoms with van der Waals surface area (Å²) in [5.74, 6) is -1.24. The monoisotopic (exact) mass is 246 g/mol. The van der Waals surface area contributed by atoms with Crippen molar-refractivity contribution in [3.8, 4) is 0 Å². The van der Waals surface area contributed by atoms with Crippen LogP contribution in [-0.4, -0.2) is 39.0 Å². The molecule has 18 heavy (non-hydrogen) atoms. The van der Waals surface area contributed by atoms with Gasteiger partial charge in [-0.15, -0.1) is 0 Å². The number of carboxylic acids is 1. The molecule has 3 unspecified atom stereocenters. The van der Waals surface area contributed by atoms with Gasteiger partial charge in [0.1, 0.15) is 0 Å². The number of rotatable bonds is 2. The fourth-order valence-electron chi connectivity index (χ4n) is 3.21. The zero-order valence-corrected chi connectivity index (χ0v) is 9.82. The number of hydrogen-bond acceptors (Lipinski definition) is 3. The highest BCUT2D eigenvalue weighted by atomic mass is 16.4. The summed E-state index contributed by atoms with van der Waals surface area (Å²) in [7, 11) is 0. The van der Waals surface area contributed by atoms with Crippen molar-refractivity contribution in [3.05, 3.63) is 30.1 Å². The van der Waals surface area contributed by atoms with Crippen LogP contribution in [0.2, 0.25) is 0 Å². The van der Waals surface area contributed by atoms with Crippen LogP contribution in [0.3, 0.4) is 0 Å². The van der Waals surface area contributed by atoms with Crippen LogP contribution in [0.25, 0.3) is 0 Å². The molecule has 1 aromatic rings. The molecule has 2 bridgehead atoms. The van der Waals surface area contributed by atoms with E-state index in [9.17, 15) is 9.59 Å². The lowest BCUT2D eigenvalue weighted by molar-refractivity contribution is -0.142. The molecule has 0 radical (unpaired) electrons. The summed E-state index contributed by atoms with van der Waals surface area (Å²) in [4.78, 5) is 29.2. The van der Waals surface area contributed by atoms with Crippen molar-refractivity contribution in [1.29, 1.82) is 0 Å². The van der Waals surface area contributed by atoms with Crippen LogP contribution in [0.15, 0.2) is 24.5 Å². The van der Waals surface area contributed by atoms with Crippen molar-refractivity contribution in [2.75, 3.05) is 0 Å². The van der Waals surface area contributed by atoms with E-state index in [2.05, 4.69) is 4.98 Å². The molecular weight excluding hydrogens is 232 g/mol. The first-order valence-electron chi connectivity index (χ1n) is 6.14. The number of aliphatic carboxylic acids is 1. The second-order valence-electron chi connectivity index (χ2n) is 4.93. The lowest BCUT2D eigenvalue weighted by Crippen LogP contribution is -2.37. The van der Waals surface area contributed by atoms with Gasteiger partial charge < -0.3 is 10.0 Å². The molecule has 0 aromatic carbocycles. The summed E-state index contributed by atoms with van der Waals surface area (Å²) in [6, 6.07) is 3.32. The van der Waals surface area contributed by atoms with Crippen molar-refractivity contribution >= 4 is 11.9 Å². The maximum Gasteiger partial charge on any atom is 0.308 e. The summed E-state index contributed by atoms with van der Waals surface area (Å²) in [5, 5.41) is 9.16. The minimum Gasteiger partial charge on any atom is -0.481 e. The Morgan fingerprint density at radius 2 is 2.00 bits per heavy atom. The van der Waals surface area contributed by atoms with Crippen LogP contribution >= 0.6 is 0 Å². The number of aromatic nitrogens is 1. The maximum absolute atomic E-state index is 12.4. The maximum atomic E-state index is 12.4. The number of amides is 1. The van der Waals surface area contributed by atoms with E-state index < -0.39 is 11.9 Å². The van der Waals surface area contributed by atoms with Crippen LogP contribution in [0.5, 0.6) is 0 Å². The van der Waals surface area contributed by atoms with Gasteiger partial charge in [-0.05, 0) is 31.4 Å². The van der Waals surface area contributed by atoms with Gasteiger partial charge in [-0.25, -0.2) is 0 Å². The van der Waals surface area contributed by atoms with Gasteiger partial charge in [-0.2, -0.15) is 0 Å². The van der Waals surface area contributed by atoms with E-state index >= 15 is 0 Å². The highest BCUT2D eigenvalue weighted by Gasteiger charge is 2.51. The Hall–Kier alpha value is -1.91. The van der Waals surface area contributed by atoms with E-state index in [1.807, 2.05) is 0 Å². The molecule has 94 valence electrons. The molecule has 3 heterocycles. The fourth-order valence-corrected chi connectivity index (χ4v) is 3.21. The average Bonchev–Trinajstić information content (AvgIpc) is 2.96. The zero-order chi connectivity index (χ0) is 12.7. The topological polar surface area (TPSA) is 70.5 Å². The molecule has 2 aliphatic rings. The summed E-state index contributed by atoms with van der Waals surface area (Å²) in [6.45, 7) is 0. The summed E-state index contributed by atoms with van der Waals surface area (Å²) in [6.07, 6.45) is 5.49. The van der Waals surface area contributed by atoms with Crippen molar-refractivity contribution in [1.82, 2.24) is 9.88 Å². The number of carboxylic acid groups (broad SMARTS) is 1. The smallest absolute Gasteiger partial charge is 0.308 e. The van der Waals surface area contributed by atoms with Crippen LogP contribution in [0.4, 0.5) is 0 Å². The van der Waals surface area contributed by atoms with Gasteiger partial charge in [-0.1, -0.05) is 0 Å². The first kappa shape index (κ1) is 11.2. The van der Waals surface area contributed by atoms with Gasteiger partial charge in [0.25, 0.3) is 5.91 Å². The van der Waals surface area contributed by atoms with Gasteiger partial charge in [0.05, 0.1) is 5.92 Å². The van der Waals surface area contributed by atoms with E-state index in [4.69, 9.17) is 5.11 Å². The van der Waals surface area contributed by atoms with Crippen molar-refractivity contribution in [2.45, 2.75) is 31.3 Å². The molecule has 2 saturated heterocycles. The number of fused-ring (bicyclic) bond motifs is 2.